The second-order valence-electron chi connectivity index (χ2n) is 17.6. The Bertz CT molecular complexity index is 3530. The summed E-state index contributed by atoms with van der Waals surface area (Å²) in [4.78, 5) is 0. The van der Waals surface area contributed by atoms with Gasteiger partial charge in [-0.05, 0) is 101 Å². The number of fused-ring (bicyclic) bond motifs is 12. The average Bonchev–Trinajstić information content (AvgIpc) is 4.16. The van der Waals surface area contributed by atoms with Crippen LogP contribution in [0.25, 0.3) is 93.6 Å². The van der Waals surface area contributed by atoms with Crippen molar-refractivity contribution in [2.45, 2.75) is 89.5 Å². The molecule has 82 heavy (non-hydrogen) atoms. The van der Waals surface area contributed by atoms with E-state index in [0.29, 0.717) is 0 Å². The third kappa shape index (κ3) is 13.7. The Kier molecular flexibility index (Phi) is 24.8. The minimum Gasteiger partial charge on any atom is -0.309 e. The Morgan fingerprint density at radius 3 is 0.573 bits per heavy atom. The minimum absolute atomic E-state index is 1.10. The first-order valence-electron chi connectivity index (χ1n) is 30.1. The molecule has 416 valence electrons. The molecule has 11 aromatic carbocycles. The van der Waals surface area contributed by atoms with Gasteiger partial charge in [0.15, 0.2) is 0 Å². The van der Waals surface area contributed by atoms with Crippen LogP contribution < -0.4 is 0 Å². The van der Waals surface area contributed by atoms with Crippen molar-refractivity contribution in [2.24, 2.45) is 0 Å². The van der Waals surface area contributed by atoms with Gasteiger partial charge >= 0.3 is 0 Å². The molecule has 3 heterocycles. The van der Waals surface area contributed by atoms with Crippen LogP contribution in [0.2, 0.25) is 0 Å². The summed E-state index contributed by atoms with van der Waals surface area (Å²) in [6, 6.07) is 100. The number of benzene rings is 11. The first-order chi connectivity index (χ1) is 40.8. The van der Waals surface area contributed by atoms with Crippen molar-refractivity contribution in [1.29, 1.82) is 0 Å². The van der Waals surface area contributed by atoms with Gasteiger partial charge in [0.25, 0.3) is 0 Å². The van der Waals surface area contributed by atoms with E-state index in [2.05, 4.69) is 299 Å². The summed E-state index contributed by atoms with van der Waals surface area (Å²) in [6.45, 7) is 24.0. The molecule has 0 bridgehead atoms. The van der Waals surface area contributed by atoms with E-state index < -0.39 is 0 Å². The molecule has 0 atom stereocenters. The van der Waals surface area contributed by atoms with Crippen molar-refractivity contribution in [3.05, 3.63) is 296 Å². The Balaban J connectivity index is 0.000000167. The Morgan fingerprint density at radius 2 is 0.354 bits per heavy atom. The van der Waals surface area contributed by atoms with Crippen molar-refractivity contribution < 1.29 is 0 Å². The van der Waals surface area contributed by atoms with Crippen molar-refractivity contribution in [3.63, 3.8) is 0 Å². The highest BCUT2D eigenvalue weighted by Gasteiger charge is 2.16. The molecule has 0 radical (unpaired) electrons. The van der Waals surface area contributed by atoms with Gasteiger partial charge < -0.3 is 13.7 Å². The van der Waals surface area contributed by atoms with Gasteiger partial charge in [-0.3, -0.25) is 0 Å². The van der Waals surface area contributed by atoms with E-state index in [0.717, 1.165) is 6.42 Å². The molecule has 3 nitrogen and oxygen atoms in total. The van der Waals surface area contributed by atoms with E-state index in [-0.39, 0.29) is 0 Å². The van der Waals surface area contributed by atoms with Gasteiger partial charge in [0, 0.05) is 49.4 Å². The zero-order valence-corrected chi connectivity index (χ0v) is 50.7. The van der Waals surface area contributed by atoms with Crippen LogP contribution in [-0.2, 0) is 6.42 Å². The number of rotatable bonds is 3. The van der Waals surface area contributed by atoms with Gasteiger partial charge in [0.1, 0.15) is 0 Å². The molecule has 0 N–H and O–H groups in total. The number of nitrogens with zero attached hydrogens (tertiary/aromatic N) is 3. The maximum atomic E-state index is 2.32. The Morgan fingerprint density at radius 1 is 0.183 bits per heavy atom. The highest BCUT2D eigenvalue weighted by molar-refractivity contribution is 6.11. The normalized spacial score (nSPS) is 10.1. The van der Waals surface area contributed by atoms with Gasteiger partial charge in [-0.25, -0.2) is 0 Å². The lowest BCUT2D eigenvalue weighted by molar-refractivity contribution is 1.18. The number of para-hydroxylation sites is 9. The monoisotopic (exact) mass is 1080 g/mol. The topological polar surface area (TPSA) is 14.8 Å². The number of hydrogen-bond donors (Lipinski definition) is 0. The predicted molar refractivity (Wildman–Crippen MR) is 365 cm³/mol. The lowest BCUT2D eigenvalue weighted by Gasteiger charge is -2.06. The van der Waals surface area contributed by atoms with E-state index in [4.69, 9.17) is 0 Å². The summed E-state index contributed by atoms with van der Waals surface area (Å²) < 4.78 is 6.97. The number of hydrogen-bond acceptors (Lipinski definition) is 0. The molecule has 0 saturated heterocycles. The lowest BCUT2D eigenvalue weighted by atomic mass is 10.1. The van der Waals surface area contributed by atoms with Crippen LogP contribution in [0.15, 0.2) is 285 Å². The van der Waals surface area contributed by atoms with Crippen molar-refractivity contribution >= 4 is 65.4 Å². The fourth-order valence-corrected chi connectivity index (χ4v) is 10.4. The molecular formula is C79H85N3. The molecule has 0 saturated carbocycles. The maximum absolute atomic E-state index is 2.32. The highest BCUT2D eigenvalue weighted by Crippen LogP contribution is 2.37. The van der Waals surface area contributed by atoms with Crippen molar-refractivity contribution in [2.75, 3.05) is 0 Å². The molecule has 0 spiro atoms. The Labute approximate surface area is 490 Å². The van der Waals surface area contributed by atoms with Gasteiger partial charge in [-0.1, -0.05) is 295 Å². The van der Waals surface area contributed by atoms with E-state index in [1.807, 2.05) is 83.1 Å². The van der Waals surface area contributed by atoms with Gasteiger partial charge in [-0.2, -0.15) is 0 Å². The Hall–Kier alpha value is -9.18. The smallest absolute Gasteiger partial charge is 0.0541 e. The largest absolute Gasteiger partial charge is 0.309 e. The molecule has 0 fully saturated rings. The number of aromatic nitrogens is 3. The molecule has 0 amide bonds. The molecule has 14 aromatic rings. The SMILES string of the molecule is CC.CC.CC.CC.CC.CC.c1ccc(-n2c3ccccc3c3ccccc32)cc1.c1ccc(-n2c3ccccc3c3ccccc32)cc1.c1ccc(-n2c3ccccc3c3ccccc32)cc1.c1ccc2c(c1)Cc1ccccc1-2. The maximum Gasteiger partial charge on any atom is 0.0541 e. The zero-order valence-electron chi connectivity index (χ0n) is 50.7. The van der Waals surface area contributed by atoms with Gasteiger partial charge in [0.05, 0.1) is 33.1 Å². The minimum atomic E-state index is 1.10. The summed E-state index contributed by atoms with van der Waals surface area (Å²) in [6.07, 6.45) is 1.10. The second kappa shape index (κ2) is 32.8. The third-order valence-corrected chi connectivity index (χ3v) is 13.5. The van der Waals surface area contributed by atoms with Crippen LogP contribution in [0.3, 0.4) is 0 Å². The zero-order chi connectivity index (χ0) is 58.6. The van der Waals surface area contributed by atoms with E-state index in [1.54, 1.807) is 0 Å². The summed E-state index contributed by atoms with van der Waals surface area (Å²) in [5, 5.41) is 7.84. The second-order valence-corrected chi connectivity index (χ2v) is 17.6. The van der Waals surface area contributed by atoms with Crippen LogP contribution in [0.4, 0.5) is 0 Å². The van der Waals surface area contributed by atoms with Gasteiger partial charge in [0.2, 0.25) is 0 Å². The molecule has 3 aromatic heterocycles. The summed E-state index contributed by atoms with van der Waals surface area (Å²) >= 11 is 0. The van der Waals surface area contributed by atoms with Crippen LogP contribution in [-0.4, -0.2) is 13.7 Å². The van der Waals surface area contributed by atoms with Crippen molar-refractivity contribution in [3.8, 4) is 28.2 Å². The molecule has 0 aliphatic heterocycles. The summed E-state index contributed by atoms with van der Waals surface area (Å²) in [7, 11) is 0. The van der Waals surface area contributed by atoms with E-state index in [1.165, 1.54) is 105 Å². The molecule has 1 aliphatic rings. The van der Waals surface area contributed by atoms with Crippen molar-refractivity contribution in [1.82, 2.24) is 13.7 Å². The molecule has 3 heteroatoms. The molecule has 15 rings (SSSR count). The predicted octanol–water partition coefficient (Wildman–Crippen LogP) is 23.8. The van der Waals surface area contributed by atoms with Crippen LogP contribution in [0.5, 0.6) is 0 Å². The summed E-state index contributed by atoms with van der Waals surface area (Å²) in [5.74, 6) is 0. The van der Waals surface area contributed by atoms with E-state index in [9.17, 15) is 0 Å². The third-order valence-electron chi connectivity index (χ3n) is 13.5. The first kappa shape index (κ1) is 62.0. The average molecular weight is 1080 g/mol. The molecule has 1 aliphatic carbocycles. The van der Waals surface area contributed by atoms with Crippen LogP contribution in [0, 0.1) is 0 Å². The quantitative estimate of drug-likeness (QED) is 0.167. The fraction of sp³-hybridized carbons (Fsp3) is 0.165. The lowest BCUT2D eigenvalue weighted by Crippen LogP contribution is -1.92. The standard InChI is InChI=1S/3C18H13N.C13H10.6C2H6/c3*1-2-8-14(9-3-1)19-17-12-6-4-10-15(17)16-11-5-7-13-18(16)19;1-3-7-12-10(5-1)9-11-6-2-4-8-13(11)12;6*1-2/h3*1-13H;1-8H,9H2;6*1-2H3. The first-order valence-corrected chi connectivity index (χ1v) is 30.1. The highest BCUT2D eigenvalue weighted by atomic mass is 15.0. The van der Waals surface area contributed by atoms with Gasteiger partial charge in [-0.15, -0.1) is 0 Å². The summed E-state index contributed by atoms with van der Waals surface area (Å²) in [5.41, 5.74) is 16.9. The van der Waals surface area contributed by atoms with E-state index >= 15 is 0 Å². The molecule has 0 unspecified atom stereocenters. The van der Waals surface area contributed by atoms with Crippen LogP contribution >= 0.6 is 0 Å². The molecular weight excluding hydrogens is 991 g/mol. The fourth-order valence-electron chi connectivity index (χ4n) is 10.4. The van der Waals surface area contributed by atoms with Crippen LogP contribution in [0.1, 0.15) is 94.2 Å².